The normalized spacial score (nSPS) is 11.8. The highest BCUT2D eigenvalue weighted by molar-refractivity contribution is 7.99. The van der Waals surface area contributed by atoms with E-state index in [1.165, 1.54) is 0 Å². The average molecular weight is 426 g/mol. The van der Waals surface area contributed by atoms with Crippen molar-refractivity contribution in [2.75, 3.05) is 0 Å². The van der Waals surface area contributed by atoms with Gasteiger partial charge in [-0.05, 0) is 0 Å². The Morgan fingerprint density at radius 1 is 0.385 bits per heavy atom. The van der Waals surface area contributed by atoms with Gasteiger partial charge in [0.2, 0.25) is 11.6 Å². The number of hydrogen-bond acceptors (Lipinski definition) is 2. The molecule has 0 aliphatic carbocycles. The molecule has 0 aliphatic heterocycles. The van der Waals surface area contributed by atoms with E-state index in [4.69, 9.17) is 0 Å². The number of hydrogen-bond donors (Lipinski definition) is 2. The Morgan fingerprint density at radius 3 is 0.769 bits per heavy atom. The second kappa shape index (κ2) is 7.22. The third-order valence-corrected chi connectivity index (χ3v) is 4.00. The summed E-state index contributed by atoms with van der Waals surface area (Å²) in [4.78, 5) is 0. The smallest absolute Gasteiger partial charge is 0.200 e. The zero-order valence-corrected chi connectivity index (χ0v) is 13.6. The van der Waals surface area contributed by atoms with Crippen LogP contribution in [0.5, 0.6) is 0 Å². The van der Waals surface area contributed by atoms with Gasteiger partial charge in [0, 0.05) is 17.0 Å². The highest BCUT2D eigenvalue weighted by Gasteiger charge is 2.39. The third kappa shape index (κ3) is 3.02. The molecule has 0 nitrogen and oxygen atoms in total. The molecule has 0 amide bonds. The Hall–Kier alpha value is -1.56. The van der Waals surface area contributed by atoms with Gasteiger partial charge >= 0.3 is 0 Å². The van der Waals surface area contributed by atoms with E-state index < -0.39 is 79.8 Å². The van der Waals surface area contributed by atoms with Gasteiger partial charge in [-0.3, -0.25) is 0 Å². The van der Waals surface area contributed by atoms with Gasteiger partial charge in [0.05, 0.1) is 4.58 Å². The molecule has 2 aromatic carbocycles. The van der Waals surface area contributed by atoms with E-state index in [0.717, 1.165) is 0 Å². The van der Waals surface area contributed by atoms with Crippen LogP contribution in [0.3, 0.4) is 0 Å². The summed E-state index contributed by atoms with van der Waals surface area (Å²) in [6.45, 7) is 0. The van der Waals surface area contributed by atoms with E-state index in [1.807, 2.05) is 0 Å². The molecular weight excluding hydrogens is 422 g/mol. The molecule has 0 saturated carbocycles. The highest BCUT2D eigenvalue weighted by Crippen LogP contribution is 2.41. The molecule has 0 aliphatic rings. The predicted octanol–water partition coefficient (Wildman–Crippen LogP) is 5.40. The lowest BCUT2D eigenvalue weighted by molar-refractivity contribution is 0.355. The van der Waals surface area contributed by atoms with E-state index in [9.17, 15) is 43.9 Å². The van der Waals surface area contributed by atoms with Crippen LogP contribution < -0.4 is 0 Å². The lowest BCUT2D eigenvalue weighted by atomic mass is 9.90. The molecule has 0 unspecified atom stereocenters. The van der Waals surface area contributed by atoms with Crippen molar-refractivity contribution < 1.29 is 43.9 Å². The van der Waals surface area contributed by atoms with Crippen LogP contribution >= 0.6 is 25.3 Å². The summed E-state index contributed by atoms with van der Waals surface area (Å²) in [5.41, 5.74) is -3.70. The van der Waals surface area contributed by atoms with Crippen molar-refractivity contribution in [3.05, 3.63) is 69.3 Å². The van der Waals surface area contributed by atoms with Gasteiger partial charge in [-0.2, -0.15) is 25.3 Å². The fourth-order valence-electron chi connectivity index (χ4n) is 2.23. The zero-order valence-electron chi connectivity index (χ0n) is 11.8. The van der Waals surface area contributed by atoms with Crippen LogP contribution in [-0.4, -0.2) is 4.58 Å². The van der Waals surface area contributed by atoms with Gasteiger partial charge < -0.3 is 0 Å². The molecule has 0 heterocycles. The van der Waals surface area contributed by atoms with Gasteiger partial charge in [-0.1, -0.05) is 0 Å². The zero-order chi connectivity index (χ0) is 20.1. The van der Waals surface area contributed by atoms with Crippen LogP contribution in [0.2, 0.25) is 0 Å². The monoisotopic (exact) mass is 426 g/mol. The molecule has 0 atom stereocenters. The van der Waals surface area contributed by atoms with Gasteiger partial charge in [-0.15, -0.1) is 0 Å². The van der Waals surface area contributed by atoms with Crippen molar-refractivity contribution in [2.24, 2.45) is 0 Å². The van der Waals surface area contributed by atoms with Crippen LogP contribution in [0, 0.1) is 58.2 Å². The molecule has 12 heteroatoms. The Kier molecular flexibility index (Phi) is 5.76. The van der Waals surface area contributed by atoms with Crippen LogP contribution in [0.25, 0.3) is 0 Å². The second-order valence-electron chi connectivity index (χ2n) is 4.86. The second-order valence-corrected chi connectivity index (χ2v) is 6.38. The summed E-state index contributed by atoms with van der Waals surface area (Å²) in [5, 5.41) is 0. The van der Waals surface area contributed by atoms with Crippen molar-refractivity contribution in [1.29, 1.82) is 0 Å². The van der Waals surface area contributed by atoms with Gasteiger partial charge in [0.1, 0.15) is 0 Å². The third-order valence-electron chi connectivity index (χ3n) is 3.41. The summed E-state index contributed by atoms with van der Waals surface area (Å²) in [7, 11) is 0. The van der Waals surface area contributed by atoms with Crippen molar-refractivity contribution in [3.63, 3.8) is 0 Å². The summed E-state index contributed by atoms with van der Waals surface area (Å²) in [5.74, 6) is -27.8. The maximum Gasteiger partial charge on any atom is 0.200 e. The van der Waals surface area contributed by atoms with Crippen molar-refractivity contribution in [2.45, 2.75) is 10.5 Å². The van der Waals surface area contributed by atoms with E-state index in [-0.39, 0.29) is 0 Å². The number of rotatable bonds is 3. The summed E-state index contributed by atoms with van der Waals surface area (Å²) >= 11 is 7.03. The number of thiol groups is 2. The first-order chi connectivity index (χ1) is 11.9. The minimum Gasteiger partial charge on any atom is -0.203 e. The van der Waals surface area contributed by atoms with E-state index in [1.54, 1.807) is 0 Å². The summed E-state index contributed by atoms with van der Waals surface area (Å²) < 4.78 is 134. The molecule has 2 rings (SSSR count). The molecule has 0 saturated heterocycles. The summed E-state index contributed by atoms with van der Waals surface area (Å²) in [6.07, 6.45) is 0. The Bertz CT molecular complexity index is 769. The number of halogens is 10. The molecule has 2 aromatic rings. The molecule has 0 radical (unpaired) electrons. The first kappa shape index (κ1) is 20.7. The standard InChI is InChI=1S/C14H4F10S2/c15-4-2(5(16)9(20)12(23)8(4)19)1(14(25)26)3-6(17)10(21)13(24)11(22)7(3)18/h1,14,25-26H. The highest BCUT2D eigenvalue weighted by atomic mass is 32.2. The SMILES string of the molecule is Fc1c(F)c(F)c(C(c2c(F)c(F)c(F)c(F)c2F)C(S)S)c(F)c1F. The lowest BCUT2D eigenvalue weighted by Crippen LogP contribution is -2.21. The Morgan fingerprint density at radius 2 is 0.577 bits per heavy atom. The van der Waals surface area contributed by atoms with E-state index >= 15 is 0 Å². The minimum absolute atomic E-state index is 1.85. The van der Waals surface area contributed by atoms with Crippen molar-refractivity contribution >= 4 is 25.3 Å². The molecule has 0 fully saturated rings. The molecule has 0 bridgehead atoms. The average Bonchev–Trinajstić information content (AvgIpc) is 2.60. The molecule has 0 spiro atoms. The molecule has 0 aromatic heterocycles. The van der Waals surface area contributed by atoms with Crippen LogP contribution in [0.1, 0.15) is 17.0 Å². The van der Waals surface area contributed by atoms with Crippen LogP contribution in [-0.2, 0) is 0 Å². The maximum atomic E-state index is 13.9. The number of benzene rings is 2. The van der Waals surface area contributed by atoms with Crippen molar-refractivity contribution in [1.82, 2.24) is 0 Å². The van der Waals surface area contributed by atoms with E-state index in [0.29, 0.717) is 0 Å². The van der Waals surface area contributed by atoms with Gasteiger partial charge in [-0.25, -0.2) is 43.9 Å². The predicted molar refractivity (Wildman–Crippen MR) is 76.1 cm³/mol. The first-order valence-corrected chi connectivity index (χ1v) is 7.35. The van der Waals surface area contributed by atoms with Gasteiger partial charge in [0.25, 0.3) is 0 Å². The van der Waals surface area contributed by atoms with Crippen LogP contribution in [0.4, 0.5) is 43.9 Å². The quantitative estimate of drug-likeness (QED) is 0.212. The minimum atomic E-state index is -2.61. The Balaban J connectivity index is 2.96. The first-order valence-electron chi connectivity index (χ1n) is 6.32. The topological polar surface area (TPSA) is 0 Å². The van der Waals surface area contributed by atoms with Crippen LogP contribution in [0.15, 0.2) is 0 Å². The maximum absolute atomic E-state index is 13.9. The van der Waals surface area contributed by atoms with Gasteiger partial charge in [0.15, 0.2) is 46.5 Å². The van der Waals surface area contributed by atoms with E-state index in [2.05, 4.69) is 25.3 Å². The molecular formula is C14H4F10S2. The fourth-order valence-corrected chi connectivity index (χ4v) is 2.83. The van der Waals surface area contributed by atoms with Crippen molar-refractivity contribution in [3.8, 4) is 0 Å². The molecule has 142 valence electrons. The summed E-state index contributed by atoms with van der Waals surface area (Å²) in [6, 6.07) is 0. The Labute approximate surface area is 149 Å². The molecule has 26 heavy (non-hydrogen) atoms. The fraction of sp³-hybridized carbons (Fsp3) is 0.143. The lowest BCUT2D eigenvalue weighted by Gasteiger charge is -2.24. The largest absolute Gasteiger partial charge is 0.203 e. The molecule has 0 N–H and O–H groups in total.